The molecule has 0 aliphatic carbocycles. The average molecular weight is 292 g/mol. The maximum atomic E-state index is 13.8. The number of aromatic amines is 2. The van der Waals surface area contributed by atoms with Crippen molar-refractivity contribution in [1.82, 2.24) is 19.5 Å². The van der Waals surface area contributed by atoms with Gasteiger partial charge in [-0.15, -0.1) is 0 Å². The lowest BCUT2D eigenvalue weighted by Crippen LogP contribution is -2.29. The first kappa shape index (κ1) is 13.2. The van der Waals surface area contributed by atoms with Crippen molar-refractivity contribution in [2.75, 3.05) is 0 Å². The summed E-state index contributed by atoms with van der Waals surface area (Å²) in [4.78, 5) is 32.3. The predicted molar refractivity (Wildman–Crippen MR) is 72.0 cm³/mol. The van der Waals surface area contributed by atoms with Gasteiger partial charge < -0.3 is 4.98 Å². The van der Waals surface area contributed by atoms with Crippen LogP contribution >= 0.6 is 0 Å². The highest BCUT2D eigenvalue weighted by atomic mass is 19.1. The summed E-state index contributed by atoms with van der Waals surface area (Å²) in [6, 6.07) is 3.02. The third kappa shape index (κ3) is 2.04. The number of imidazole rings is 1. The van der Waals surface area contributed by atoms with Crippen molar-refractivity contribution in [3.8, 4) is 11.4 Å². The summed E-state index contributed by atoms with van der Waals surface area (Å²) in [7, 11) is 0. The summed E-state index contributed by atoms with van der Waals surface area (Å²) in [5.74, 6) is -1.47. The molecule has 108 valence electrons. The Morgan fingerprint density at radius 3 is 2.67 bits per heavy atom. The monoisotopic (exact) mass is 292 g/mol. The molecule has 0 bridgehead atoms. The fourth-order valence-corrected chi connectivity index (χ4v) is 2.14. The van der Waals surface area contributed by atoms with Gasteiger partial charge in [0, 0.05) is 12.6 Å². The van der Waals surface area contributed by atoms with Crippen LogP contribution in [-0.2, 0) is 6.54 Å². The van der Waals surface area contributed by atoms with Gasteiger partial charge in [-0.2, -0.15) is 0 Å². The Morgan fingerprint density at radius 2 is 2.00 bits per heavy atom. The second-order valence-corrected chi connectivity index (χ2v) is 4.41. The van der Waals surface area contributed by atoms with Crippen molar-refractivity contribution in [2.24, 2.45) is 0 Å². The number of aryl methyl sites for hydroxylation is 1. The number of fused-ring (bicyclic) bond motifs is 1. The van der Waals surface area contributed by atoms with Gasteiger partial charge in [0.15, 0.2) is 5.65 Å². The molecular weight excluding hydrogens is 282 g/mol. The van der Waals surface area contributed by atoms with Gasteiger partial charge in [0.1, 0.15) is 23.0 Å². The highest BCUT2D eigenvalue weighted by Crippen LogP contribution is 2.22. The fraction of sp³-hybridized carbons (Fsp3) is 0.154. The Labute approximate surface area is 116 Å². The van der Waals surface area contributed by atoms with E-state index in [0.717, 1.165) is 12.1 Å². The van der Waals surface area contributed by atoms with E-state index in [1.54, 1.807) is 6.92 Å². The van der Waals surface area contributed by atoms with E-state index in [9.17, 15) is 18.4 Å². The Balaban J connectivity index is 2.33. The zero-order chi connectivity index (χ0) is 15.1. The number of aromatic nitrogens is 4. The van der Waals surface area contributed by atoms with Crippen LogP contribution in [0.25, 0.3) is 22.6 Å². The van der Waals surface area contributed by atoms with Crippen LogP contribution in [0.15, 0.2) is 27.8 Å². The SMILES string of the molecule is CCn1c(=O)[nH]c(=O)c2[nH]c(-c3ccc(F)cc3F)nc21. The van der Waals surface area contributed by atoms with Gasteiger partial charge in [-0.3, -0.25) is 14.3 Å². The maximum absolute atomic E-state index is 13.8. The predicted octanol–water partition coefficient (Wildman–Crippen LogP) is 1.38. The lowest BCUT2D eigenvalue weighted by molar-refractivity contribution is 0.585. The van der Waals surface area contributed by atoms with Crippen LogP contribution in [0.4, 0.5) is 8.78 Å². The zero-order valence-electron chi connectivity index (χ0n) is 10.9. The first-order valence-corrected chi connectivity index (χ1v) is 6.19. The van der Waals surface area contributed by atoms with Gasteiger partial charge in [-0.05, 0) is 19.1 Å². The molecule has 21 heavy (non-hydrogen) atoms. The summed E-state index contributed by atoms with van der Waals surface area (Å²) in [5.41, 5.74) is -1.02. The third-order valence-corrected chi connectivity index (χ3v) is 3.14. The first-order valence-electron chi connectivity index (χ1n) is 6.19. The number of nitrogens with zero attached hydrogens (tertiary/aromatic N) is 2. The molecule has 0 saturated carbocycles. The quantitative estimate of drug-likeness (QED) is 0.748. The summed E-state index contributed by atoms with van der Waals surface area (Å²) in [5, 5.41) is 0. The molecule has 6 nitrogen and oxygen atoms in total. The van der Waals surface area contributed by atoms with E-state index >= 15 is 0 Å². The molecule has 0 aliphatic rings. The molecule has 3 rings (SSSR count). The van der Waals surface area contributed by atoms with Gasteiger partial charge >= 0.3 is 5.69 Å². The van der Waals surface area contributed by atoms with E-state index < -0.39 is 22.9 Å². The van der Waals surface area contributed by atoms with Crippen molar-refractivity contribution in [3.63, 3.8) is 0 Å². The molecule has 0 aliphatic heterocycles. The second-order valence-electron chi connectivity index (χ2n) is 4.41. The van der Waals surface area contributed by atoms with Crippen molar-refractivity contribution >= 4 is 11.2 Å². The Hall–Kier alpha value is -2.77. The molecule has 8 heteroatoms. The molecule has 2 heterocycles. The number of benzene rings is 1. The maximum Gasteiger partial charge on any atom is 0.330 e. The van der Waals surface area contributed by atoms with Crippen LogP contribution in [0.5, 0.6) is 0 Å². The topological polar surface area (TPSA) is 83.5 Å². The average Bonchev–Trinajstić information content (AvgIpc) is 2.84. The number of hydrogen-bond acceptors (Lipinski definition) is 3. The van der Waals surface area contributed by atoms with Gasteiger partial charge in [-0.25, -0.2) is 18.6 Å². The van der Waals surface area contributed by atoms with E-state index in [0.29, 0.717) is 6.54 Å². The molecule has 0 saturated heterocycles. The van der Waals surface area contributed by atoms with Crippen molar-refractivity contribution in [3.05, 3.63) is 50.7 Å². The molecule has 0 atom stereocenters. The van der Waals surface area contributed by atoms with Crippen LogP contribution in [0.2, 0.25) is 0 Å². The van der Waals surface area contributed by atoms with Gasteiger partial charge in [0.25, 0.3) is 5.56 Å². The minimum Gasteiger partial charge on any atom is -0.332 e. The lowest BCUT2D eigenvalue weighted by Gasteiger charge is -2.00. The number of nitrogens with one attached hydrogen (secondary N) is 2. The lowest BCUT2D eigenvalue weighted by atomic mass is 10.2. The van der Waals surface area contributed by atoms with Crippen molar-refractivity contribution < 1.29 is 8.78 Å². The van der Waals surface area contributed by atoms with Crippen LogP contribution in [0.3, 0.4) is 0 Å². The second kappa shape index (κ2) is 4.65. The highest BCUT2D eigenvalue weighted by Gasteiger charge is 2.15. The van der Waals surface area contributed by atoms with E-state index in [-0.39, 0.29) is 22.6 Å². The van der Waals surface area contributed by atoms with Crippen LogP contribution in [0.1, 0.15) is 6.92 Å². The number of hydrogen-bond donors (Lipinski definition) is 2. The van der Waals surface area contributed by atoms with Gasteiger partial charge in [0.05, 0.1) is 5.56 Å². The molecule has 0 amide bonds. The van der Waals surface area contributed by atoms with Crippen LogP contribution < -0.4 is 11.2 Å². The molecule has 0 unspecified atom stereocenters. The van der Waals surface area contributed by atoms with E-state index in [1.165, 1.54) is 10.6 Å². The Kier molecular flexibility index (Phi) is 2.93. The summed E-state index contributed by atoms with van der Waals surface area (Å²) in [6.45, 7) is 2.01. The van der Waals surface area contributed by atoms with Crippen molar-refractivity contribution in [1.29, 1.82) is 0 Å². The smallest absolute Gasteiger partial charge is 0.330 e. The molecule has 0 spiro atoms. The van der Waals surface area contributed by atoms with Crippen molar-refractivity contribution in [2.45, 2.75) is 13.5 Å². The molecule has 0 radical (unpaired) electrons. The molecule has 0 fully saturated rings. The Morgan fingerprint density at radius 1 is 1.24 bits per heavy atom. The Bertz CT molecular complexity index is 955. The molecule has 2 N–H and O–H groups in total. The fourth-order valence-electron chi connectivity index (χ4n) is 2.14. The minimum absolute atomic E-state index is 0.0158. The molecular formula is C13H10F2N4O2. The minimum atomic E-state index is -0.809. The normalized spacial score (nSPS) is 11.2. The highest BCUT2D eigenvalue weighted by molar-refractivity contribution is 5.75. The van der Waals surface area contributed by atoms with Crippen LogP contribution in [0, 0.1) is 11.6 Å². The number of H-pyrrole nitrogens is 2. The largest absolute Gasteiger partial charge is 0.332 e. The van der Waals surface area contributed by atoms with E-state index in [1.807, 2.05) is 0 Å². The van der Waals surface area contributed by atoms with Gasteiger partial charge in [-0.1, -0.05) is 0 Å². The van der Waals surface area contributed by atoms with E-state index in [4.69, 9.17) is 0 Å². The number of rotatable bonds is 2. The summed E-state index contributed by atoms with van der Waals surface area (Å²) >= 11 is 0. The van der Waals surface area contributed by atoms with Crippen LogP contribution in [-0.4, -0.2) is 19.5 Å². The zero-order valence-corrected chi connectivity index (χ0v) is 10.9. The first-order chi connectivity index (χ1) is 10.0. The molecule has 1 aromatic carbocycles. The summed E-state index contributed by atoms with van der Waals surface area (Å²) in [6.07, 6.45) is 0. The van der Waals surface area contributed by atoms with Gasteiger partial charge in [0.2, 0.25) is 0 Å². The molecule has 2 aromatic heterocycles. The van der Waals surface area contributed by atoms with E-state index in [2.05, 4.69) is 15.0 Å². The standard InChI is InChI=1S/C13H10F2N4O2/c1-2-19-11-9(12(20)18-13(19)21)16-10(17-11)7-4-3-6(14)5-8(7)15/h3-5H,2H2,1H3,(H,16,17)(H,18,20,21). The molecule has 3 aromatic rings. The third-order valence-electron chi connectivity index (χ3n) is 3.14. The summed E-state index contributed by atoms with van der Waals surface area (Å²) < 4.78 is 28.0. The number of halogens is 2.